The Balaban J connectivity index is 0.00000631. The fraction of sp³-hybridized carbons (Fsp3) is 0.308. The third-order valence-corrected chi connectivity index (χ3v) is 4.28. The van der Waals surface area contributed by atoms with Crippen molar-refractivity contribution >= 4 is 30.6 Å². The molecule has 3 N–H and O–H groups in total. The maximum Gasteiger partial charge on any atom is 0.411 e. The quantitative estimate of drug-likeness (QED) is 0.112. The fourth-order valence-electron chi connectivity index (χ4n) is 2.61. The zero-order chi connectivity index (χ0) is 28.1. The number of allylic oxidation sites excluding steroid dienone is 4. The van der Waals surface area contributed by atoms with Crippen molar-refractivity contribution in [3.63, 3.8) is 0 Å². The van der Waals surface area contributed by atoms with Crippen LogP contribution >= 0.6 is 0 Å². The number of hydrogen-bond donors (Lipinski definition) is 2. The number of aldehydes is 2. The number of hydrogen-bond acceptors (Lipinski definition) is 8. The van der Waals surface area contributed by atoms with Crippen molar-refractivity contribution in [2.24, 2.45) is 10.8 Å². The molecule has 0 saturated carbocycles. The van der Waals surface area contributed by atoms with Crippen LogP contribution in [-0.4, -0.2) is 62.6 Å². The number of anilines is 1. The topological polar surface area (TPSA) is 117 Å². The van der Waals surface area contributed by atoms with Crippen molar-refractivity contribution in [3.8, 4) is 0 Å². The number of ether oxygens (including phenoxy) is 1. The SMILES string of the molecule is C=C/C(=C\C(=C)C/C=N/N(/C=C\C=O)c1ccc(F)c(F)c1)NC(=O)OCCN(CC=O)CCN.CC. The molecule has 9 nitrogen and oxygen atoms in total. The molecule has 1 aromatic carbocycles. The van der Waals surface area contributed by atoms with E-state index in [9.17, 15) is 23.2 Å². The van der Waals surface area contributed by atoms with Gasteiger partial charge in [-0.15, -0.1) is 0 Å². The Kier molecular flexibility index (Phi) is 18.1. The van der Waals surface area contributed by atoms with Gasteiger partial charge in [-0.1, -0.05) is 27.0 Å². The summed E-state index contributed by atoms with van der Waals surface area (Å²) in [6.07, 6.45) is 7.60. The number of nitrogens with two attached hydrogens (primary N) is 1. The van der Waals surface area contributed by atoms with E-state index < -0.39 is 17.7 Å². The molecule has 0 aliphatic carbocycles. The average molecular weight is 520 g/mol. The van der Waals surface area contributed by atoms with Crippen molar-refractivity contribution in [2.75, 3.05) is 37.8 Å². The van der Waals surface area contributed by atoms with E-state index in [1.807, 2.05) is 13.8 Å². The summed E-state index contributed by atoms with van der Waals surface area (Å²) < 4.78 is 31.8. The van der Waals surface area contributed by atoms with Gasteiger partial charge in [0.2, 0.25) is 0 Å². The maximum absolute atomic E-state index is 13.5. The van der Waals surface area contributed by atoms with E-state index in [4.69, 9.17) is 10.5 Å². The number of hydrazone groups is 1. The van der Waals surface area contributed by atoms with Gasteiger partial charge in [-0.05, 0) is 35.9 Å². The number of carbonyl (C=O) groups excluding carboxylic acids is 3. The largest absolute Gasteiger partial charge is 0.448 e. The molecule has 0 bridgehead atoms. The monoisotopic (exact) mass is 519 g/mol. The molecule has 0 fully saturated rings. The number of alkyl carbamates (subject to hydrolysis) is 1. The van der Waals surface area contributed by atoms with E-state index >= 15 is 0 Å². The number of carbonyl (C=O) groups is 3. The van der Waals surface area contributed by atoms with Gasteiger partial charge in [-0.3, -0.25) is 15.0 Å². The summed E-state index contributed by atoms with van der Waals surface area (Å²) in [6.45, 7) is 13.0. The minimum Gasteiger partial charge on any atom is -0.448 e. The van der Waals surface area contributed by atoms with Gasteiger partial charge in [0.05, 0.1) is 12.2 Å². The van der Waals surface area contributed by atoms with Crippen LogP contribution in [0.5, 0.6) is 0 Å². The molecule has 0 spiro atoms. The number of nitrogens with zero attached hydrogens (tertiary/aromatic N) is 3. The number of halogens is 2. The molecule has 1 rings (SSSR count). The highest BCUT2D eigenvalue weighted by molar-refractivity contribution is 5.71. The van der Waals surface area contributed by atoms with E-state index in [0.29, 0.717) is 37.2 Å². The van der Waals surface area contributed by atoms with E-state index in [1.54, 1.807) is 11.0 Å². The Bertz CT molecular complexity index is 980. The fourth-order valence-corrected chi connectivity index (χ4v) is 2.61. The predicted octanol–water partition coefficient (Wildman–Crippen LogP) is 3.70. The number of benzene rings is 1. The minimum absolute atomic E-state index is 0.0613. The summed E-state index contributed by atoms with van der Waals surface area (Å²) in [4.78, 5) is 35.1. The van der Waals surface area contributed by atoms with Gasteiger partial charge in [0.25, 0.3) is 0 Å². The van der Waals surface area contributed by atoms with Gasteiger partial charge in [0.15, 0.2) is 11.6 Å². The number of amides is 1. The first-order valence-corrected chi connectivity index (χ1v) is 11.5. The van der Waals surface area contributed by atoms with Crippen molar-refractivity contribution in [2.45, 2.75) is 20.3 Å². The summed E-state index contributed by atoms with van der Waals surface area (Å²) in [5.74, 6) is -2.06. The zero-order valence-corrected chi connectivity index (χ0v) is 21.2. The lowest BCUT2D eigenvalue weighted by Crippen LogP contribution is -2.35. The molecule has 1 amide bonds. The molecule has 0 heterocycles. The molecular formula is C26H35F2N5O4. The molecule has 0 aromatic heterocycles. The third-order valence-electron chi connectivity index (χ3n) is 4.28. The molecule has 202 valence electrons. The highest BCUT2D eigenvalue weighted by Gasteiger charge is 2.08. The lowest BCUT2D eigenvalue weighted by molar-refractivity contribution is -0.109. The molecule has 1 aromatic rings. The lowest BCUT2D eigenvalue weighted by Gasteiger charge is -2.18. The summed E-state index contributed by atoms with van der Waals surface area (Å²) in [7, 11) is 0. The summed E-state index contributed by atoms with van der Waals surface area (Å²) in [5.41, 5.74) is 6.54. The van der Waals surface area contributed by atoms with Crippen molar-refractivity contribution < 1.29 is 27.9 Å². The van der Waals surface area contributed by atoms with Gasteiger partial charge in [-0.2, -0.15) is 5.10 Å². The summed E-state index contributed by atoms with van der Waals surface area (Å²) in [5, 5.41) is 7.85. The van der Waals surface area contributed by atoms with Gasteiger partial charge in [0, 0.05) is 50.2 Å². The van der Waals surface area contributed by atoms with Crippen LogP contribution in [0.15, 0.2) is 72.2 Å². The van der Waals surface area contributed by atoms with Crippen LogP contribution in [0, 0.1) is 11.6 Å². The minimum atomic E-state index is -1.06. The lowest BCUT2D eigenvalue weighted by atomic mass is 10.2. The van der Waals surface area contributed by atoms with Crippen molar-refractivity contribution in [3.05, 3.63) is 78.7 Å². The normalized spacial score (nSPS) is 11.1. The van der Waals surface area contributed by atoms with Gasteiger partial charge >= 0.3 is 6.09 Å². The molecule has 37 heavy (non-hydrogen) atoms. The van der Waals surface area contributed by atoms with Crippen LogP contribution in [0.25, 0.3) is 0 Å². The molecule has 0 radical (unpaired) electrons. The molecule has 0 atom stereocenters. The van der Waals surface area contributed by atoms with E-state index in [2.05, 4.69) is 23.6 Å². The molecule has 0 aliphatic heterocycles. The first-order valence-electron chi connectivity index (χ1n) is 11.5. The predicted molar refractivity (Wildman–Crippen MR) is 142 cm³/mol. The van der Waals surface area contributed by atoms with Crippen molar-refractivity contribution in [1.29, 1.82) is 0 Å². The Morgan fingerprint density at radius 1 is 1.22 bits per heavy atom. The van der Waals surface area contributed by atoms with Gasteiger partial charge in [0.1, 0.15) is 19.2 Å². The van der Waals surface area contributed by atoms with E-state index in [-0.39, 0.29) is 25.3 Å². The van der Waals surface area contributed by atoms with Crippen LogP contribution in [0.1, 0.15) is 20.3 Å². The molecule has 11 heteroatoms. The standard InChI is InChI=1S/C24H29F2N5O4.C2H6/c1-3-20(29-24(34)35-16-13-30(11-8-27)12-15-33)17-19(2)7-9-28-31(10-4-14-32)21-5-6-22(25)23(26)18-21;1-2/h3-6,9-10,14-15,17-18H,1-2,7-8,11-13,16,27H2,(H,29,34);1-2H3/b10-4-,20-17+,28-9+;. The third kappa shape index (κ3) is 14.3. The van der Waals surface area contributed by atoms with Crippen molar-refractivity contribution in [1.82, 2.24) is 10.2 Å². The Hall–Kier alpha value is -3.96. The molecule has 0 unspecified atom stereocenters. The van der Waals surface area contributed by atoms with Gasteiger partial charge in [-0.25, -0.2) is 18.6 Å². The van der Waals surface area contributed by atoms with Crippen LogP contribution < -0.4 is 16.1 Å². The second-order valence-electron chi connectivity index (χ2n) is 6.90. The summed E-state index contributed by atoms with van der Waals surface area (Å²) >= 11 is 0. The molecule has 0 saturated heterocycles. The Morgan fingerprint density at radius 3 is 2.54 bits per heavy atom. The number of rotatable bonds is 16. The second kappa shape index (κ2) is 20.3. The molecule has 0 aliphatic rings. The van der Waals surface area contributed by atoms with E-state index in [1.165, 1.54) is 29.6 Å². The first-order chi connectivity index (χ1) is 17.8. The smallest absolute Gasteiger partial charge is 0.411 e. The van der Waals surface area contributed by atoms with E-state index in [0.717, 1.165) is 24.5 Å². The van der Waals surface area contributed by atoms with Crippen LogP contribution in [0.3, 0.4) is 0 Å². The van der Waals surface area contributed by atoms with Crippen LogP contribution in [0.2, 0.25) is 0 Å². The highest BCUT2D eigenvalue weighted by atomic mass is 19.2. The Morgan fingerprint density at radius 2 is 1.95 bits per heavy atom. The number of nitrogens with one attached hydrogen (secondary N) is 1. The van der Waals surface area contributed by atoms with Gasteiger partial charge < -0.3 is 15.3 Å². The highest BCUT2D eigenvalue weighted by Crippen LogP contribution is 2.19. The summed E-state index contributed by atoms with van der Waals surface area (Å²) in [6, 6.07) is 3.19. The average Bonchev–Trinajstić information content (AvgIpc) is 2.88. The van der Waals surface area contributed by atoms with Crippen LogP contribution in [0.4, 0.5) is 19.3 Å². The maximum atomic E-state index is 13.5. The second-order valence-corrected chi connectivity index (χ2v) is 6.90. The van der Waals surface area contributed by atoms with Crippen LogP contribution in [-0.2, 0) is 14.3 Å². The molecular weight excluding hydrogens is 484 g/mol. The zero-order valence-electron chi connectivity index (χ0n) is 21.2. The first kappa shape index (κ1) is 33.0. The Labute approximate surface area is 216 Å².